The topological polar surface area (TPSA) is 25.2 Å². The number of aromatic hydroxyl groups is 1. The second-order valence-corrected chi connectivity index (χ2v) is 4.64. The fourth-order valence-electron chi connectivity index (χ4n) is 2.45. The van der Waals surface area contributed by atoms with Crippen molar-refractivity contribution in [2.75, 3.05) is 0 Å². The Morgan fingerprint density at radius 1 is 1.05 bits per heavy atom. The van der Waals surface area contributed by atoms with E-state index in [-0.39, 0.29) is 5.75 Å². The van der Waals surface area contributed by atoms with E-state index in [1.165, 1.54) is 5.39 Å². The molecule has 0 saturated carbocycles. The Hall–Kier alpha value is -2.48. The zero-order valence-corrected chi connectivity index (χ0v) is 10.8. The lowest BCUT2D eigenvalue weighted by Gasteiger charge is -2.09. The minimum absolute atomic E-state index is 0.262. The third-order valence-electron chi connectivity index (χ3n) is 3.49. The number of para-hydroxylation sites is 2. The molecule has 0 bridgehead atoms. The number of phenolic OH excluding ortho intramolecular Hbond substituents is 1. The molecule has 1 N–H and O–H groups in total. The fourth-order valence-corrected chi connectivity index (χ4v) is 2.45. The predicted octanol–water partition coefficient (Wildman–Crippen LogP) is 3.95. The first kappa shape index (κ1) is 11.6. The van der Waals surface area contributed by atoms with Gasteiger partial charge in [0.05, 0.1) is 0 Å². The molecule has 2 nitrogen and oxygen atoms in total. The van der Waals surface area contributed by atoms with Crippen LogP contribution in [0.2, 0.25) is 0 Å². The number of benzene rings is 2. The van der Waals surface area contributed by atoms with Gasteiger partial charge >= 0.3 is 0 Å². The van der Waals surface area contributed by atoms with E-state index >= 15 is 0 Å². The standard InChI is InChI=1S/C17H15NO/c1-12(14-8-4-6-10-17(14)19)16-11-13-7-3-5-9-15(13)18(16)2/h3-11,19H,1H2,2H3. The fraction of sp³-hybridized carbons (Fsp3) is 0.0588. The number of hydrogen-bond donors (Lipinski definition) is 1. The normalized spacial score (nSPS) is 10.8. The summed E-state index contributed by atoms with van der Waals surface area (Å²) in [4.78, 5) is 0. The first-order valence-electron chi connectivity index (χ1n) is 6.20. The van der Waals surface area contributed by atoms with E-state index in [0.717, 1.165) is 22.3 Å². The highest BCUT2D eigenvalue weighted by atomic mass is 16.3. The average Bonchev–Trinajstić information content (AvgIpc) is 2.77. The Labute approximate surface area is 112 Å². The van der Waals surface area contributed by atoms with Gasteiger partial charge in [-0.05, 0) is 18.2 Å². The summed E-state index contributed by atoms with van der Waals surface area (Å²) < 4.78 is 2.10. The highest BCUT2D eigenvalue weighted by molar-refractivity contribution is 5.89. The number of aromatic nitrogens is 1. The molecule has 0 fully saturated rings. The molecule has 0 unspecified atom stereocenters. The Kier molecular flexibility index (Phi) is 2.64. The summed E-state index contributed by atoms with van der Waals surface area (Å²) >= 11 is 0. The van der Waals surface area contributed by atoms with Crippen LogP contribution in [0, 0.1) is 0 Å². The van der Waals surface area contributed by atoms with Crippen LogP contribution in [0.4, 0.5) is 0 Å². The van der Waals surface area contributed by atoms with Gasteiger partial charge in [-0.1, -0.05) is 43.0 Å². The van der Waals surface area contributed by atoms with Crippen molar-refractivity contribution >= 4 is 16.5 Å². The summed E-state index contributed by atoms with van der Waals surface area (Å²) in [6.07, 6.45) is 0. The molecule has 3 rings (SSSR count). The Morgan fingerprint density at radius 3 is 2.47 bits per heavy atom. The molecule has 0 aliphatic heterocycles. The summed E-state index contributed by atoms with van der Waals surface area (Å²) in [5.41, 5.74) is 3.78. The SMILES string of the molecule is C=C(c1ccccc1O)c1cc2ccccc2n1C. The lowest BCUT2D eigenvalue weighted by molar-refractivity contribution is 0.473. The monoisotopic (exact) mass is 249 g/mol. The van der Waals surface area contributed by atoms with E-state index in [2.05, 4.69) is 29.3 Å². The van der Waals surface area contributed by atoms with Gasteiger partial charge in [0, 0.05) is 34.8 Å². The smallest absolute Gasteiger partial charge is 0.123 e. The summed E-state index contributed by atoms with van der Waals surface area (Å²) in [6, 6.07) is 17.6. The quantitative estimate of drug-likeness (QED) is 0.731. The van der Waals surface area contributed by atoms with E-state index in [1.54, 1.807) is 6.07 Å². The predicted molar refractivity (Wildman–Crippen MR) is 79.2 cm³/mol. The second kappa shape index (κ2) is 4.32. The average molecular weight is 249 g/mol. The van der Waals surface area contributed by atoms with Crippen molar-refractivity contribution in [2.45, 2.75) is 0 Å². The molecule has 0 aliphatic carbocycles. The van der Waals surface area contributed by atoms with Crippen molar-refractivity contribution in [3.63, 3.8) is 0 Å². The van der Waals surface area contributed by atoms with Gasteiger partial charge in [-0.3, -0.25) is 0 Å². The summed E-state index contributed by atoms with van der Waals surface area (Å²) in [6.45, 7) is 4.13. The molecule has 1 heterocycles. The first-order valence-corrected chi connectivity index (χ1v) is 6.20. The minimum atomic E-state index is 0.262. The molecular weight excluding hydrogens is 234 g/mol. The lowest BCUT2D eigenvalue weighted by Crippen LogP contribution is -1.96. The van der Waals surface area contributed by atoms with Crippen LogP contribution in [0.25, 0.3) is 16.5 Å². The van der Waals surface area contributed by atoms with Gasteiger partial charge in [0.2, 0.25) is 0 Å². The molecule has 3 aromatic rings. The molecule has 0 saturated heterocycles. The number of rotatable bonds is 2. The molecule has 0 radical (unpaired) electrons. The molecule has 0 spiro atoms. The maximum atomic E-state index is 9.94. The maximum absolute atomic E-state index is 9.94. The van der Waals surface area contributed by atoms with Crippen molar-refractivity contribution in [2.24, 2.45) is 7.05 Å². The molecule has 2 heteroatoms. The Bertz CT molecular complexity index is 768. The van der Waals surface area contributed by atoms with Crippen molar-refractivity contribution in [3.8, 4) is 5.75 Å². The zero-order chi connectivity index (χ0) is 13.4. The van der Waals surface area contributed by atoms with Gasteiger partial charge in [0.1, 0.15) is 5.75 Å². The third kappa shape index (κ3) is 1.82. The van der Waals surface area contributed by atoms with E-state index in [9.17, 15) is 5.11 Å². The van der Waals surface area contributed by atoms with Gasteiger partial charge in [-0.2, -0.15) is 0 Å². The molecule has 1 aromatic heterocycles. The van der Waals surface area contributed by atoms with Crippen molar-refractivity contribution < 1.29 is 5.11 Å². The van der Waals surface area contributed by atoms with Crippen molar-refractivity contribution in [1.82, 2.24) is 4.57 Å². The summed E-state index contributed by atoms with van der Waals surface area (Å²) in [7, 11) is 2.02. The first-order chi connectivity index (χ1) is 9.18. The zero-order valence-electron chi connectivity index (χ0n) is 10.8. The van der Waals surface area contributed by atoms with Crippen molar-refractivity contribution in [3.05, 3.63) is 72.4 Å². The van der Waals surface area contributed by atoms with Gasteiger partial charge < -0.3 is 9.67 Å². The third-order valence-corrected chi connectivity index (χ3v) is 3.49. The maximum Gasteiger partial charge on any atom is 0.123 e. The molecule has 0 amide bonds. The highest BCUT2D eigenvalue weighted by Gasteiger charge is 2.12. The van der Waals surface area contributed by atoms with Gasteiger partial charge in [0.15, 0.2) is 0 Å². The minimum Gasteiger partial charge on any atom is -0.507 e. The van der Waals surface area contributed by atoms with E-state index < -0.39 is 0 Å². The number of phenols is 1. The summed E-state index contributed by atoms with van der Waals surface area (Å²) in [5.74, 6) is 0.262. The number of fused-ring (bicyclic) bond motifs is 1. The van der Waals surface area contributed by atoms with Gasteiger partial charge in [-0.15, -0.1) is 0 Å². The Morgan fingerprint density at radius 2 is 1.74 bits per heavy atom. The Balaban J connectivity index is 2.17. The van der Waals surface area contributed by atoms with E-state index in [0.29, 0.717) is 0 Å². The molecular formula is C17H15NO. The molecule has 0 aliphatic rings. The van der Waals surface area contributed by atoms with Crippen LogP contribution < -0.4 is 0 Å². The van der Waals surface area contributed by atoms with Crippen molar-refractivity contribution in [1.29, 1.82) is 0 Å². The van der Waals surface area contributed by atoms with E-state index in [1.807, 2.05) is 37.4 Å². The van der Waals surface area contributed by atoms with Crippen LogP contribution in [0.3, 0.4) is 0 Å². The molecule has 94 valence electrons. The van der Waals surface area contributed by atoms with Gasteiger partial charge in [-0.25, -0.2) is 0 Å². The van der Waals surface area contributed by atoms with Gasteiger partial charge in [0.25, 0.3) is 0 Å². The molecule has 19 heavy (non-hydrogen) atoms. The number of nitrogens with zero attached hydrogens (tertiary/aromatic N) is 1. The summed E-state index contributed by atoms with van der Waals surface area (Å²) in [5, 5.41) is 11.1. The van der Waals surface area contributed by atoms with Crippen LogP contribution >= 0.6 is 0 Å². The molecule has 2 aromatic carbocycles. The van der Waals surface area contributed by atoms with Crippen LogP contribution in [0.5, 0.6) is 5.75 Å². The van der Waals surface area contributed by atoms with Crippen LogP contribution in [-0.4, -0.2) is 9.67 Å². The number of aryl methyl sites for hydroxylation is 1. The van der Waals surface area contributed by atoms with Crippen LogP contribution in [0.1, 0.15) is 11.3 Å². The van der Waals surface area contributed by atoms with E-state index in [4.69, 9.17) is 0 Å². The largest absolute Gasteiger partial charge is 0.507 e. The lowest BCUT2D eigenvalue weighted by atomic mass is 10.0. The second-order valence-electron chi connectivity index (χ2n) is 4.64. The van der Waals surface area contributed by atoms with Crippen LogP contribution in [-0.2, 0) is 7.05 Å². The molecule has 0 atom stereocenters. The van der Waals surface area contributed by atoms with Crippen LogP contribution in [0.15, 0.2) is 61.2 Å². The number of hydrogen-bond acceptors (Lipinski definition) is 1. The highest BCUT2D eigenvalue weighted by Crippen LogP contribution is 2.31.